The summed E-state index contributed by atoms with van der Waals surface area (Å²) in [7, 11) is 0. The monoisotopic (exact) mass is 294 g/mol. The first-order valence-electron chi connectivity index (χ1n) is 2.46. The van der Waals surface area contributed by atoms with Crippen LogP contribution in [0.1, 0.15) is 0 Å². The minimum atomic E-state index is 0.746. The SMILES string of the molecule is Nc1cc[c]([Hg+])cc1. The molecule has 1 aromatic carbocycles. The van der Waals surface area contributed by atoms with E-state index in [1.807, 2.05) is 12.1 Å². The Bertz CT molecular complexity index is 147. The maximum absolute atomic E-state index is 5.45. The summed E-state index contributed by atoms with van der Waals surface area (Å²) in [5.41, 5.74) is 6.31. The quantitative estimate of drug-likeness (QED) is 0.545. The molecule has 0 saturated carbocycles. The van der Waals surface area contributed by atoms with Crippen molar-refractivity contribution in [3.8, 4) is 0 Å². The van der Waals surface area contributed by atoms with Gasteiger partial charge < -0.3 is 0 Å². The number of benzene rings is 1. The zero-order valence-electron chi connectivity index (χ0n) is 4.59. The van der Waals surface area contributed by atoms with Gasteiger partial charge in [0, 0.05) is 0 Å². The van der Waals surface area contributed by atoms with Crippen molar-refractivity contribution >= 4 is 8.76 Å². The fourth-order valence-corrected chi connectivity index (χ4v) is 1.43. The Morgan fingerprint density at radius 3 is 2.00 bits per heavy atom. The van der Waals surface area contributed by atoms with Crippen LogP contribution in [0.4, 0.5) is 5.69 Å². The van der Waals surface area contributed by atoms with E-state index >= 15 is 0 Å². The van der Waals surface area contributed by atoms with E-state index in [2.05, 4.69) is 12.1 Å². The van der Waals surface area contributed by atoms with Crippen LogP contribution in [0, 0.1) is 0 Å². The van der Waals surface area contributed by atoms with Gasteiger partial charge in [0.2, 0.25) is 0 Å². The summed E-state index contributed by atoms with van der Waals surface area (Å²) in [6.45, 7) is 0. The number of nitrogen functional groups attached to an aromatic ring is 1. The van der Waals surface area contributed by atoms with Gasteiger partial charge in [-0.15, -0.1) is 0 Å². The van der Waals surface area contributed by atoms with E-state index in [1.165, 1.54) is 3.07 Å². The van der Waals surface area contributed by atoms with Gasteiger partial charge in [0.1, 0.15) is 0 Å². The Labute approximate surface area is 64.9 Å². The van der Waals surface area contributed by atoms with Crippen LogP contribution in [0.5, 0.6) is 0 Å². The summed E-state index contributed by atoms with van der Waals surface area (Å²) in [4.78, 5) is 0. The molecule has 0 bridgehead atoms. The number of anilines is 1. The number of rotatable bonds is 0. The molecule has 0 aromatic heterocycles. The maximum atomic E-state index is 5.45. The molecule has 0 spiro atoms. The molecule has 0 aliphatic carbocycles. The first-order valence-corrected chi connectivity index (χ1v) is 5.21. The summed E-state index contributed by atoms with van der Waals surface area (Å²) < 4.78 is 1.44. The van der Waals surface area contributed by atoms with E-state index < -0.39 is 0 Å². The Morgan fingerprint density at radius 2 is 1.62 bits per heavy atom. The second-order valence-corrected chi connectivity index (χ2v) is 4.92. The van der Waals surface area contributed by atoms with Gasteiger partial charge in [-0.3, -0.25) is 0 Å². The third-order valence-corrected chi connectivity index (χ3v) is 2.81. The molecule has 0 amide bonds. The van der Waals surface area contributed by atoms with Gasteiger partial charge >= 0.3 is 64.9 Å². The standard InChI is InChI=1S/C6H6N.Hg/c7-6-4-2-1-3-5-6;/h2-5H,7H2;/q;+1. The number of nitrogens with two attached hydrogens (primary N) is 1. The molecule has 36 valence electrons. The predicted molar refractivity (Wildman–Crippen MR) is 30.5 cm³/mol. The number of hydrogen-bond acceptors (Lipinski definition) is 1. The van der Waals surface area contributed by atoms with E-state index in [0.717, 1.165) is 31.8 Å². The van der Waals surface area contributed by atoms with Gasteiger partial charge in [0.15, 0.2) is 0 Å². The van der Waals surface area contributed by atoms with Gasteiger partial charge in [-0.25, -0.2) is 0 Å². The van der Waals surface area contributed by atoms with Crippen molar-refractivity contribution in [3.63, 3.8) is 0 Å². The van der Waals surface area contributed by atoms with E-state index in [1.54, 1.807) is 0 Å². The molecule has 8 heavy (non-hydrogen) atoms. The summed E-state index contributed by atoms with van der Waals surface area (Å²) in [5.74, 6) is 0. The van der Waals surface area contributed by atoms with Gasteiger partial charge in [-0.05, 0) is 0 Å². The average Bonchev–Trinajstić information content (AvgIpc) is 1.77. The van der Waals surface area contributed by atoms with Crippen LogP contribution in [-0.2, 0) is 26.1 Å². The topological polar surface area (TPSA) is 26.0 Å². The van der Waals surface area contributed by atoms with E-state index in [0.29, 0.717) is 0 Å². The van der Waals surface area contributed by atoms with Crippen molar-refractivity contribution in [2.45, 2.75) is 0 Å². The second-order valence-electron chi connectivity index (χ2n) is 1.74. The third kappa shape index (κ3) is 1.48. The molecule has 0 unspecified atom stereocenters. The summed E-state index contributed by atoms with van der Waals surface area (Å²) >= 11 is 0.746. The molecule has 1 rings (SSSR count). The Balaban J connectivity index is 3.03. The van der Waals surface area contributed by atoms with E-state index in [9.17, 15) is 0 Å². The fourth-order valence-electron chi connectivity index (χ4n) is 0.518. The molecule has 0 saturated heterocycles. The zero-order valence-corrected chi connectivity index (χ0v) is 10.1. The molecule has 0 aliphatic heterocycles. The van der Waals surface area contributed by atoms with Crippen LogP contribution in [0.2, 0.25) is 0 Å². The first kappa shape index (κ1) is 6.08. The predicted octanol–water partition coefficient (Wildman–Crippen LogP) is 0.441. The molecule has 1 nitrogen and oxygen atoms in total. The molecular formula is C6H6HgN+. The van der Waals surface area contributed by atoms with Crippen molar-refractivity contribution in [2.24, 2.45) is 0 Å². The molecule has 0 atom stereocenters. The minimum absolute atomic E-state index is 0.746. The van der Waals surface area contributed by atoms with Crippen LogP contribution in [0.15, 0.2) is 24.3 Å². The van der Waals surface area contributed by atoms with Crippen LogP contribution in [0.3, 0.4) is 0 Å². The summed E-state index contributed by atoms with van der Waals surface area (Å²) in [6.07, 6.45) is 0. The normalized spacial score (nSPS) is 9.25. The van der Waals surface area contributed by atoms with Crippen LogP contribution in [-0.4, -0.2) is 0 Å². The van der Waals surface area contributed by atoms with Gasteiger partial charge in [0.05, 0.1) is 0 Å². The molecular weight excluding hydrogens is 287 g/mol. The number of hydrogen-bond donors (Lipinski definition) is 1. The molecule has 0 aliphatic rings. The fraction of sp³-hybridized carbons (Fsp3) is 0. The van der Waals surface area contributed by atoms with Crippen molar-refractivity contribution < 1.29 is 26.1 Å². The van der Waals surface area contributed by atoms with Gasteiger partial charge in [0.25, 0.3) is 0 Å². The molecule has 0 radical (unpaired) electrons. The first-order chi connectivity index (χ1) is 3.79. The zero-order chi connectivity index (χ0) is 5.98. The Kier molecular flexibility index (Phi) is 1.89. The Hall–Kier alpha value is -0.0449. The van der Waals surface area contributed by atoms with E-state index in [-0.39, 0.29) is 0 Å². The molecule has 2 heteroatoms. The average molecular weight is 293 g/mol. The van der Waals surface area contributed by atoms with Crippen LogP contribution >= 0.6 is 0 Å². The van der Waals surface area contributed by atoms with Crippen LogP contribution < -0.4 is 8.81 Å². The van der Waals surface area contributed by atoms with Crippen molar-refractivity contribution in [2.75, 3.05) is 5.73 Å². The summed E-state index contributed by atoms with van der Waals surface area (Å²) in [5, 5.41) is 0. The molecule has 1 aromatic rings. The van der Waals surface area contributed by atoms with Gasteiger partial charge in [-0.2, -0.15) is 0 Å². The molecule has 0 fully saturated rings. The molecule has 2 N–H and O–H groups in total. The van der Waals surface area contributed by atoms with Crippen LogP contribution in [0.25, 0.3) is 0 Å². The third-order valence-electron chi connectivity index (χ3n) is 0.980. The second kappa shape index (κ2) is 2.49. The van der Waals surface area contributed by atoms with Crippen molar-refractivity contribution in [1.29, 1.82) is 0 Å². The molecule has 0 heterocycles. The summed E-state index contributed by atoms with van der Waals surface area (Å²) in [6, 6.07) is 8.06. The van der Waals surface area contributed by atoms with Crippen molar-refractivity contribution in [3.05, 3.63) is 24.3 Å². The Morgan fingerprint density at radius 1 is 1.12 bits per heavy atom. The van der Waals surface area contributed by atoms with Crippen molar-refractivity contribution in [1.82, 2.24) is 0 Å². The van der Waals surface area contributed by atoms with Gasteiger partial charge in [-0.1, -0.05) is 0 Å². The van der Waals surface area contributed by atoms with E-state index in [4.69, 9.17) is 5.73 Å².